The van der Waals surface area contributed by atoms with Gasteiger partial charge in [0.05, 0.1) is 5.56 Å². The van der Waals surface area contributed by atoms with E-state index >= 15 is 0 Å². The van der Waals surface area contributed by atoms with Crippen LogP contribution in [0.25, 0.3) is 0 Å². The number of nitrogens with one attached hydrogen (secondary N) is 1. The molecule has 0 bridgehead atoms. The van der Waals surface area contributed by atoms with E-state index in [1.165, 1.54) is 12.1 Å². The zero-order valence-electron chi connectivity index (χ0n) is 10.6. The van der Waals surface area contributed by atoms with Crippen molar-refractivity contribution in [2.45, 2.75) is 32.7 Å². The first-order valence-corrected chi connectivity index (χ1v) is 5.79. The first-order valence-electron chi connectivity index (χ1n) is 5.79. The summed E-state index contributed by atoms with van der Waals surface area (Å²) in [6, 6.07) is 4.59. The van der Waals surface area contributed by atoms with Gasteiger partial charge in [-0.15, -0.1) is 0 Å². The lowest BCUT2D eigenvalue weighted by Gasteiger charge is -2.10. The second-order valence-corrected chi connectivity index (χ2v) is 4.40. The highest BCUT2D eigenvalue weighted by molar-refractivity contribution is 5.93. The quantitative estimate of drug-likeness (QED) is 0.742. The van der Waals surface area contributed by atoms with E-state index in [1.54, 1.807) is 13.0 Å². The molecule has 1 aromatic carbocycles. The fourth-order valence-corrected chi connectivity index (χ4v) is 1.51. The van der Waals surface area contributed by atoms with Crippen LogP contribution in [0.3, 0.4) is 0 Å². The number of aryl methyl sites for hydroxylation is 1. The molecule has 1 aromatic rings. The van der Waals surface area contributed by atoms with Gasteiger partial charge in [0.15, 0.2) is 0 Å². The average molecular weight is 250 g/mol. The third kappa shape index (κ3) is 4.18. The van der Waals surface area contributed by atoms with Gasteiger partial charge in [0.25, 0.3) is 0 Å². The van der Waals surface area contributed by atoms with Crippen LogP contribution in [0, 0.1) is 6.92 Å². The average Bonchev–Trinajstić information content (AvgIpc) is 2.29. The number of rotatable bonds is 5. The van der Waals surface area contributed by atoms with Crippen molar-refractivity contribution in [3.8, 4) is 0 Å². The zero-order valence-corrected chi connectivity index (χ0v) is 10.6. The SMILES string of the molecule is Cc1cc(C(=O)O)ccc1NC(=O)CCC(C)N. The molecule has 1 amide bonds. The number of aromatic carboxylic acids is 1. The molecule has 0 saturated heterocycles. The second kappa shape index (κ2) is 6.16. The third-order valence-corrected chi connectivity index (χ3v) is 2.57. The molecular weight excluding hydrogens is 232 g/mol. The Morgan fingerprint density at radius 1 is 1.44 bits per heavy atom. The van der Waals surface area contributed by atoms with Crippen LogP contribution in [0.15, 0.2) is 18.2 Å². The summed E-state index contributed by atoms with van der Waals surface area (Å²) >= 11 is 0. The Morgan fingerprint density at radius 3 is 2.61 bits per heavy atom. The minimum Gasteiger partial charge on any atom is -0.478 e. The van der Waals surface area contributed by atoms with Gasteiger partial charge in [0, 0.05) is 18.2 Å². The van der Waals surface area contributed by atoms with Crippen LogP contribution in [0.2, 0.25) is 0 Å². The Kier molecular flexibility index (Phi) is 4.85. The maximum absolute atomic E-state index is 11.6. The van der Waals surface area contributed by atoms with E-state index in [9.17, 15) is 9.59 Å². The van der Waals surface area contributed by atoms with Crippen molar-refractivity contribution in [1.29, 1.82) is 0 Å². The number of carbonyl (C=O) groups is 2. The summed E-state index contributed by atoms with van der Waals surface area (Å²) < 4.78 is 0. The number of hydrogen-bond acceptors (Lipinski definition) is 3. The van der Waals surface area contributed by atoms with Crippen LogP contribution in [-0.4, -0.2) is 23.0 Å². The molecular formula is C13H18N2O3. The zero-order chi connectivity index (χ0) is 13.7. The van der Waals surface area contributed by atoms with Crippen molar-refractivity contribution in [3.63, 3.8) is 0 Å². The molecule has 5 nitrogen and oxygen atoms in total. The Morgan fingerprint density at radius 2 is 2.11 bits per heavy atom. The van der Waals surface area contributed by atoms with Crippen molar-refractivity contribution >= 4 is 17.6 Å². The second-order valence-electron chi connectivity index (χ2n) is 4.40. The molecule has 5 heteroatoms. The van der Waals surface area contributed by atoms with E-state index in [1.807, 2.05) is 6.92 Å². The maximum Gasteiger partial charge on any atom is 0.335 e. The minimum absolute atomic E-state index is 0.00812. The van der Waals surface area contributed by atoms with E-state index in [-0.39, 0.29) is 17.5 Å². The van der Waals surface area contributed by atoms with Crippen LogP contribution in [0.4, 0.5) is 5.69 Å². The van der Waals surface area contributed by atoms with Crippen LogP contribution in [0.1, 0.15) is 35.7 Å². The standard InChI is InChI=1S/C13H18N2O3/c1-8-7-10(13(17)18)4-5-11(8)15-12(16)6-3-9(2)14/h4-5,7,9H,3,6,14H2,1-2H3,(H,15,16)(H,17,18). The van der Waals surface area contributed by atoms with E-state index in [2.05, 4.69) is 5.32 Å². The highest BCUT2D eigenvalue weighted by Gasteiger charge is 2.08. The molecule has 0 saturated carbocycles. The van der Waals surface area contributed by atoms with Gasteiger partial charge >= 0.3 is 5.97 Å². The molecule has 0 aromatic heterocycles. The summed E-state index contributed by atoms with van der Waals surface area (Å²) in [5, 5.41) is 11.6. The van der Waals surface area contributed by atoms with Gasteiger partial charge < -0.3 is 16.2 Å². The number of carboxylic acid groups (broad SMARTS) is 1. The van der Waals surface area contributed by atoms with Gasteiger partial charge in [-0.3, -0.25) is 4.79 Å². The summed E-state index contributed by atoms with van der Waals surface area (Å²) in [5.41, 5.74) is 7.14. The van der Waals surface area contributed by atoms with Gasteiger partial charge in [-0.1, -0.05) is 0 Å². The molecule has 1 unspecified atom stereocenters. The van der Waals surface area contributed by atoms with Gasteiger partial charge in [0.1, 0.15) is 0 Å². The third-order valence-electron chi connectivity index (χ3n) is 2.57. The first-order chi connectivity index (χ1) is 8.40. The van der Waals surface area contributed by atoms with Crippen LogP contribution in [0.5, 0.6) is 0 Å². The van der Waals surface area contributed by atoms with Crippen LogP contribution in [-0.2, 0) is 4.79 Å². The number of benzene rings is 1. The van der Waals surface area contributed by atoms with Crippen molar-refractivity contribution in [2.75, 3.05) is 5.32 Å². The highest BCUT2D eigenvalue weighted by Crippen LogP contribution is 2.17. The molecule has 0 aliphatic rings. The molecule has 4 N–H and O–H groups in total. The monoisotopic (exact) mass is 250 g/mol. The first kappa shape index (κ1) is 14.2. The number of nitrogens with two attached hydrogens (primary N) is 1. The summed E-state index contributed by atoms with van der Waals surface area (Å²) in [7, 11) is 0. The fraction of sp³-hybridized carbons (Fsp3) is 0.385. The van der Waals surface area contributed by atoms with Gasteiger partial charge in [0.2, 0.25) is 5.91 Å². The Labute approximate surface area is 106 Å². The summed E-state index contributed by atoms with van der Waals surface area (Å²) in [6.07, 6.45) is 0.982. The lowest BCUT2D eigenvalue weighted by atomic mass is 10.1. The lowest BCUT2D eigenvalue weighted by molar-refractivity contribution is -0.116. The Balaban J connectivity index is 2.68. The number of hydrogen-bond donors (Lipinski definition) is 3. The summed E-state index contributed by atoms with van der Waals surface area (Å²) in [6.45, 7) is 3.60. The molecule has 0 aliphatic heterocycles. The largest absolute Gasteiger partial charge is 0.478 e. The molecule has 18 heavy (non-hydrogen) atoms. The molecule has 1 atom stereocenters. The predicted octanol–water partition coefficient (Wildman–Crippen LogP) is 1.76. The van der Waals surface area contributed by atoms with E-state index in [4.69, 9.17) is 10.8 Å². The van der Waals surface area contributed by atoms with Crippen LogP contribution >= 0.6 is 0 Å². The Bertz CT molecular complexity index is 456. The van der Waals surface area contributed by atoms with Crippen molar-refractivity contribution in [2.24, 2.45) is 5.73 Å². The molecule has 1 rings (SSSR count). The van der Waals surface area contributed by atoms with Gasteiger partial charge in [-0.25, -0.2) is 4.79 Å². The van der Waals surface area contributed by atoms with E-state index < -0.39 is 5.97 Å². The fourth-order valence-electron chi connectivity index (χ4n) is 1.51. The van der Waals surface area contributed by atoms with Gasteiger partial charge in [-0.05, 0) is 44.0 Å². The Hall–Kier alpha value is -1.88. The number of anilines is 1. The van der Waals surface area contributed by atoms with Crippen molar-refractivity contribution in [1.82, 2.24) is 0 Å². The normalized spacial score (nSPS) is 11.9. The number of amides is 1. The molecule has 0 heterocycles. The molecule has 0 aliphatic carbocycles. The lowest BCUT2D eigenvalue weighted by Crippen LogP contribution is -2.19. The maximum atomic E-state index is 11.6. The van der Waals surface area contributed by atoms with E-state index in [0.29, 0.717) is 18.5 Å². The summed E-state index contributed by atoms with van der Waals surface area (Å²) in [5.74, 6) is -1.09. The molecule has 0 spiro atoms. The van der Waals surface area contributed by atoms with Crippen molar-refractivity contribution < 1.29 is 14.7 Å². The highest BCUT2D eigenvalue weighted by atomic mass is 16.4. The van der Waals surface area contributed by atoms with Crippen molar-refractivity contribution in [3.05, 3.63) is 29.3 Å². The molecule has 0 radical (unpaired) electrons. The van der Waals surface area contributed by atoms with Crippen LogP contribution < -0.4 is 11.1 Å². The van der Waals surface area contributed by atoms with Gasteiger partial charge in [-0.2, -0.15) is 0 Å². The molecule has 0 fully saturated rings. The number of carboxylic acids is 1. The summed E-state index contributed by atoms with van der Waals surface area (Å²) in [4.78, 5) is 22.4. The topological polar surface area (TPSA) is 92.4 Å². The number of carbonyl (C=O) groups excluding carboxylic acids is 1. The minimum atomic E-state index is -0.979. The predicted molar refractivity (Wildman–Crippen MR) is 69.7 cm³/mol. The smallest absolute Gasteiger partial charge is 0.335 e. The molecule has 98 valence electrons. The van der Waals surface area contributed by atoms with E-state index in [0.717, 1.165) is 5.56 Å².